The summed E-state index contributed by atoms with van der Waals surface area (Å²) in [5.74, 6) is 0.0643. The highest BCUT2D eigenvalue weighted by Gasteiger charge is 2.34. The summed E-state index contributed by atoms with van der Waals surface area (Å²) in [5.41, 5.74) is 0.696. The second-order valence-corrected chi connectivity index (χ2v) is 5.19. The summed E-state index contributed by atoms with van der Waals surface area (Å²) in [5, 5.41) is 0. The molecule has 0 aliphatic rings. The van der Waals surface area contributed by atoms with Gasteiger partial charge in [-0.1, -0.05) is 46.2 Å². The fraction of sp³-hybridized carbons (Fsp3) is 0.600. The number of rotatable bonds is 4. The summed E-state index contributed by atoms with van der Waals surface area (Å²) < 4.78 is 39.1. The van der Waals surface area contributed by atoms with Crippen LogP contribution in [0.1, 0.15) is 69.1 Å². The molecule has 0 nitrogen and oxygen atoms in total. The summed E-state index contributed by atoms with van der Waals surface area (Å²) in [6.45, 7) is 7.61. The fourth-order valence-electron chi connectivity index (χ4n) is 2.23. The van der Waals surface area contributed by atoms with E-state index in [1.165, 1.54) is 6.07 Å². The number of hydrogen-bond acceptors (Lipinski definition) is 0. The van der Waals surface area contributed by atoms with Crippen molar-refractivity contribution in [2.24, 2.45) is 0 Å². The van der Waals surface area contributed by atoms with E-state index in [-0.39, 0.29) is 11.8 Å². The summed E-state index contributed by atoms with van der Waals surface area (Å²) in [4.78, 5) is 0. The van der Waals surface area contributed by atoms with Gasteiger partial charge in [0.15, 0.2) is 0 Å². The van der Waals surface area contributed by atoms with Crippen molar-refractivity contribution in [3.63, 3.8) is 0 Å². The maximum atomic E-state index is 13.0. The molecule has 0 heterocycles. The number of halogens is 3. The van der Waals surface area contributed by atoms with E-state index >= 15 is 0 Å². The van der Waals surface area contributed by atoms with E-state index in [1.54, 1.807) is 19.9 Å². The van der Waals surface area contributed by atoms with Crippen molar-refractivity contribution in [2.75, 3.05) is 0 Å². The molecule has 0 amide bonds. The normalized spacial score (nSPS) is 14.0. The molecule has 0 fully saturated rings. The van der Waals surface area contributed by atoms with Crippen LogP contribution in [0.2, 0.25) is 0 Å². The monoisotopic (exact) mass is 258 g/mol. The molecule has 0 radical (unpaired) electrons. The Hall–Kier alpha value is -0.990. The van der Waals surface area contributed by atoms with Crippen LogP contribution in [0.4, 0.5) is 13.2 Å². The highest BCUT2D eigenvalue weighted by molar-refractivity contribution is 5.37. The van der Waals surface area contributed by atoms with Crippen LogP contribution >= 0.6 is 0 Å². The first kappa shape index (κ1) is 15.1. The summed E-state index contributed by atoms with van der Waals surface area (Å²) in [6.07, 6.45) is -2.37. The Labute approximate surface area is 107 Å². The van der Waals surface area contributed by atoms with Gasteiger partial charge in [-0.25, -0.2) is 0 Å². The lowest BCUT2D eigenvalue weighted by molar-refractivity contribution is -0.138. The van der Waals surface area contributed by atoms with Crippen molar-refractivity contribution in [1.29, 1.82) is 0 Å². The lowest BCUT2D eigenvalue weighted by atomic mass is 9.89. The van der Waals surface area contributed by atoms with Gasteiger partial charge < -0.3 is 0 Å². The molecule has 0 aliphatic heterocycles. The molecule has 0 aromatic heterocycles. The summed E-state index contributed by atoms with van der Waals surface area (Å²) in [6, 6.07) is 4.80. The molecule has 1 rings (SSSR count). The zero-order valence-electron chi connectivity index (χ0n) is 11.4. The third-order valence-electron chi connectivity index (χ3n) is 3.30. The molecule has 0 saturated carbocycles. The molecule has 0 bridgehead atoms. The van der Waals surface area contributed by atoms with E-state index < -0.39 is 11.7 Å². The van der Waals surface area contributed by atoms with Crippen molar-refractivity contribution in [1.82, 2.24) is 0 Å². The van der Waals surface area contributed by atoms with Gasteiger partial charge in [-0.2, -0.15) is 13.2 Å². The zero-order chi connectivity index (χ0) is 13.9. The number of benzene rings is 1. The molecular weight excluding hydrogens is 237 g/mol. The topological polar surface area (TPSA) is 0 Å². The van der Waals surface area contributed by atoms with Crippen LogP contribution in [-0.2, 0) is 6.18 Å². The predicted octanol–water partition coefficient (Wildman–Crippen LogP) is 5.73. The molecule has 18 heavy (non-hydrogen) atoms. The SMILES string of the molecule is CCCC(C)c1ccc(C(C)C)c(C(F)(F)F)c1. The summed E-state index contributed by atoms with van der Waals surface area (Å²) >= 11 is 0. The van der Waals surface area contributed by atoms with Crippen molar-refractivity contribution in [3.05, 3.63) is 34.9 Å². The standard InChI is InChI=1S/C15H21F3/c1-5-6-11(4)12-7-8-13(10(2)3)14(9-12)15(16,17)18/h7-11H,5-6H2,1-4H3. The van der Waals surface area contributed by atoms with Gasteiger partial charge in [-0.3, -0.25) is 0 Å². The number of alkyl halides is 3. The van der Waals surface area contributed by atoms with E-state index in [9.17, 15) is 13.2 Å². The minimum absolute atomic E-state index is 0.114. The Balaban J connectivity index is 3.22. The van der Waals surface area contributed by atoms with Gasteiger partial charge in [0.1, 0.15) is 0 Å². The van der Waals surface area contributed by atoms with Gasteiger partial charge in [-0.15, -0.1) is 0 Å². The van der Waals surface area contributed by atoms with Gasteiger partial charge in [0, 0.05) is 0 Å². The maximum Gasteiger partial charge on any atom is 0.416 e. The van der Waals surface area contributed by atoms with Gasteiger partial charge in [0.2, 0.25) is 0 Å². The zero-order valence-corrected chi connectivity index (χ0v) is 11.4. The molecule has 0 N–H and O–H groups in total. The molecule has 1 aromatic rings. The Morgan fingerprint density at radius 2 is 1.72 bits per heavy atom. The third kappa shape index (κ3) is 3.50. The molecule has 1 unspecified atom stereocenters. The third-order valence-corrected chi connectivity index (χ3v) is 3.30. The van der Waals surface area contributed by atoms with Crippen LogP contribution in [0.3, 0.4) is 0 Å². The van der Waals surface area contributed by atoms with Crippen LogP contribution in [0.5, 0.6) is 0 Å². The first-order valence-electron chi connectivity index (χ1n) is 6.48. The average Bonchev–Trinajstić information content (AvgIpc) is 2.27. The second-order valence-electron chi connectivity index (χ2n) is 5.19. The highest BCUT2D eigenvalue weighted by Crippen LogP contribution is 2.37. The second kappa shape index (κ2) is 5.77. The lowest BCUT2D eigenvalue weighted by Crippen LogP contribution is -2.11. The van der Waals surface area contributed by atoms with E-state index in [4.69, 9.17) is 0 Å². The van der Waals surface area contributed by atoms with E-state index in [0.29, 0.717) is 5.56 Å². The molecule has 0 aliphatic carbocycles. The first-order chi connectivity index (χ1) is 8.27. The van der Waals surface area contributed by atoms with Crippen molar-refractivity contribution in [3.8, 4) is 0 Å². The van der Waals surface area contributed by atoms with Crippen molar-refractivity contribution in [2.45, 2.75) is 58.5 Å². The molecular formula is C15H21F3. The molecule has 1 aromatic carbocycles. The molecule has 102 valence electrons. The molecule has 3 heteroatoms. The van der Waals surface area contributed by atoms with Crippen LogP contribution in [0.25, 0.3) is 0 Å². The minimum Gasteiger partial charge on any atom is -0.166 e. The lowest BCUT2D eigenvalue weighted by Gasteiger charge is -2.19. The van der Waals surface area contributed by atoms with E-state index in [1.807, 2.05) is 19.9 Å². The van der Waals surface area contributed by atoms with Crippen LogP contribution in [-0.4, -0.2) is 0 Å². The Kier molecular flexibility index (Phi) is 4.83. The van der Waals surface area contributed by atoms with Gasteiger partial charge in [0.05, 0.1) is 5.56 Å². The predicted molar refractivity (Wildman–Crippen MR) is 68.9 cm³/mol. The summed E-state index contributed by atoms with van der Waals surface area (Å²) in [7, 11) is 0. The fourth-order valence-corrected chi connectivity index (χ4v) is 2.23. The van der Waals surface area contributed by atoms with Crippen molar-refractivity contribution >= 4 is 0 Å². The molecule has 0 spiro atoms. The maximum absolute atomic E-state index is 13.0. The quantitative estimate of drug-likeness (QED) is 0.646. The van der Waals surface area contributed by atoms with E-state index in [0.717, 1.165) is 18.4 Å². The van der Waals surface area contributed by atoms with E-state index in [2.05, 4.69) is 0 Å². The number of hydrogen-bond donors (Lipinski definition) is 0. The molecule has 0 saturated heterocycles. The highest BCUT2D eigenvalue weighted by atomic mass is 19.4. The Bertz CT molecular complexity index is 391. The minimum atomic E-state index is -4.26. The molecule has 1 atom stereocenters. The Morgan fingerprint density at radius 1 is 1.11 bits per heavy atom. The van der Waals surface area contributed by atoms with Crippen LogP contribution < -0.4 is 0 Å². The van der Waals surface area contributed by atoms with Crippen LogP contribution in [0.15, 0.2) is 18.2 Å². The van der Waals surface area contributed by atoms with Gasteiger partial charge >= 0.3 is 6.18 Å². The smallest absolute Gasteiger partial charge is 0.166 e. The largest absolute Gasteiger partial charge is 0.416 e. The van der Waals surface area contributed by atoms with Crippen LogP contribution in [0, 0.1) is 0 Å². The van der Waals surface area contributed by atoms with Crippen molar-refractivity contribution < 1.29 is 13.2 Å². The first-order valence-corrected chi connectivity index (χ1v) is 6.48. The Morgan fingerprint density at radius 3 is 2.17 bits per heavy atom. The van der Waals surface area contributed by atoms with Gasteiger partial charge in [0.25, 0.3) is 0 Å². The van der Waals surface area contributed by atoms with Gasteiger partial charge in [-0.05, 0) is 35.4 Å². The average molecular weight is 258 g/mol.